The van der Waals surface area contributed by atoms with Crippen LogP contribution in [0.4, 0.5) is 5.69 Å². The third kappa shape index (κ3) is 3.29. The van der Waals surface area contributed by atoms with Crippen molar-refractivity contribution in [2.24, 2.45) is 5.73 Å². The highest BCUT2D eigenvalue weighted by molar-refractivity contribution is 6.04. The molecule has 0 fully saturated rings. The van der Waals surface area contributed by atoms with Crippen LogP contribution < -0.4 is 16.4 Å². The fourth-order valence-corrected chi connectivity index (χ4v) is 1.34. The number of carbonyl (C=O) groups is 2. The average molecular weight is 235 g/mol. The fraction of sp³-hybridized carbons (Fsp3) is 0.333. The van der Waals surface area contributed by atoms with Gasteiger partial charge in [0.15, 0.2) is 0 Å². The monoisotopic (exact) mass is 235 g/mol. The van der Waals surface area contributed by atoms with Crippen molar-refractivity contribution < 1.29 is 9.59 Å². The van der Waals surface area contributed by atoms with E-state index in [4.69, 9.17) is 5.73 Å². The van der Waals surface area contributed by atoms with E-state index in [1.165, 1.54) is 0 Å². The lowest BCUT2D eigenvalue weighted by Gasteiger charge is -2.12. The maximum atomic E-state index is 11.6. The zero-order valence-electron chi connectivity index (χ0n) is 10.2. The van der Waals surface area contributed by atoms with Crippen molar-refractivity contribution >= 4 is 17.5 Å². The lowest BCUT2D eigenvalue weighted by Crippen LogP contribution is -2.33. The summed E-state index contributed by atoms with van der Waals surface area (Å²) in [6, 6.07) is 4.62. The van der Waals surface area contributed by atoms with Crippen LogP contribution in [0.3, 0.4) is 0 Å². The van der Waals surface area contributed by atoms with Crippen LogP contribution in [-0.4, -0.2) is 24.9 Å². The van der Waals surface area contributed by atoms with E-state index in [9.17, 15) is 9.59 Å². The molecule has 0 aliphatic carbocycles. The molecule has 0 spiro atoms. The molecule has 1 atom stereocenters. The molecule has 2 amide bonds. The Morgan fingerprint density at radius 2 is 2.00 bits per heavy atom. The summed E-state index contributed by atoms with van der Waals surface area (Å²) < 4.78 is 0. The number of anilines is 1. The van der Waals surface area contributed by atoms with Gasteiger partial charge in [0, 0.05) is 7.05 Å². The van der Waals surface area contributed by atoms with Gasteiger partial charge in [0.1, 0.15) is 0 Å². The second-order valence-corrected chi connectivity index (χ2v) is 3.91. The lowest BCUT2D eigenvalue weighted by atomic mass is 10.1. The van der Waals surface area contributed by atoms with Crippen molar-refractivity contribution in [3.05, 3.63) is 29.3 Å². The molecule has 92 valence electrons. The summed E-state index contributed by atoms with van der Waals surface area (Å²) in [6.45, 7) is 3.46. The van der Waals surface area contributed by atoms with Crippen molar-refractivity contribution in [3.63, 3.8) is 0 Å². The summed E-state index contributed by atoms with van der Waals surface area (Å²) in [7, 11) is 1.54. The number of aryl methyl sites for hydroxylation is 1. The van der Waals surface area contributed by atoms with Gasteiger partial charge in [0.2, 0.25) is 5.91 Å². The average Bonchev–Trinajstić information content (AvgIpc) is 2.30. The zero-order valence-corrected chi connectivity index (χ0v) is 10.2. The summed E-state index contributed by atoms with van der Waals surface area (Å²) in [4.78, 5) is 23.1. The molecule has 0 saturated heterocycles. The first-order valence-electron chi connectivity index (χ1n) is 5.35. The van der Waals surface area contributed by atoms with Gasteiger partial charge in [-0.1, -0.05) is 11.6 Å². The van der Waals surface area contributed by atoms with Crippen molar-refractivity contribution in [1.82, 2.24) is 5.32 Å². The first-order valence-corrected chi connectivity index (χ1v) is 5.35. The molecule has 5 nitrogen and oxygen atoms in total. The minimum atomic E-state index is -0.617. The molecule has 0 radical (unpaired) electrons. The van der Waals surface area contributed by atoms with Crippen molar-refractivity contribution in [2.45, 2.75) is 19.9 Å². The quantitative estimate of drug-likeness (QED) is 0.718. The Morgan fingerprint density at radius 3 is 2.53 bits per heavy atom. The van der Waals surface area contributed by atoms with Crippen LogP contribution in [0.15, 0.2) is 18.2 Å². The van der Waals surface area contributed by atoms with Crippen LogP contribution in [0.25, 0.3) is 0 Å². The number of rotatable bonds is 3. The fourth-order valence-electron chi connectivity index (χ4n) is 1.34. The van der Waals surface area contributed by atoms with Gasteiger partial charge in [-0.25, -0.2) is 0 Å². The van der Waals surface area contributed by atoms with Gasteiger partial charge in [-0.3, -0.25) is 9.59 Å². The second-order valence-electron chi connectivity index (χ2n) is 3.91. The summed E-state index contributed by atoms with van der Waals surface area (Å²) >= 11 is 0. The summed E-state index contributed by atoms with van der Waals surface area (Å²) in [6.07, 6.45) is 0. The smallest absolute Gasteiger partial charge is 0.253 e. The van der Waals surface area contributed by atoms with Crippen molar-refractivity contribution in [2.75, 3.05) is 12.4 Å². The summed E-state index contributed by atoms with van der Waals surface area (Å²) in [5.41, 5.74) is 7.31. The maximum Gasteiger partial charge on any atom is 0.253 e. The number of carbonyl (C=O) groups excluding carboxylic acids is 2. The molecule has 1 aromatic rings. The molecule has 4 N–H and O–H groups in total. The molecular formula is C12H17N3O2. The molecule has 0 unspecified atom stereocenters. The van der Waals surface area contributed by atoms with Gasteiger partial charge in [-0.15, -0.1) is 0 Å². The topological polar surface area (TPSA) is 84.2 Å². The van der Waals surface area contributed by atoms with Gasteiger partial charge in [0.25, 0.3) is 5.91 Å². The van der Waals surface area contributed by atoms with E-state index in [-0.39, 0.29) is 11.8 Å². The van der Waals surface area contributed by atoms with Crippen LogP contribution in [0, 0.1) is 6.92 Å². The number of benzene rings is 1. The number of amides is 2. The van der Waals surface area contributed by atoms with Crippen LogP contribution in [0.2, 0.25) is 0 Å². The molecule has 17 heavy (non-hydrogen) atoms. The predicted octanol–water partition coefficient (Wildman–Crippen LogP) is 0.640. The van der Waals surface area contributed by atoms with E-state index in [1.54, 1.807) is 26.1 Å². The Hall–Kier alpha value is -1.88. The van der Waals surface area contributed by atoms with Crippen molar-refractivity contribution in [3.8, 4) is 0 Å². The molecule has 1 aromatic carbocycles. The maximum absolute atomic E-state index is 11.6. The van der Waals surface area contributed by atoms with E-state index in [1.807, 2.05) is 13.0 Å². The minimum Gasteiger partial charge on any atom is -0.355 e. The van der Waals surface area contributed by atoms with Gasteiger partial charge in [-0.05, 0) is 26.0 Å². The number of nitrogens with two attached hydrogens (primary N) is 1. The Labute approximate surface area is 100 Å². The first-order chi connectivity index (χ1) is 7.95. The van der Waals surface area contributed by atoms with E-state index in [0.29, 0.717) is 11.3 Å². The minimum absolute atomic E-state index is 0.242. The number of nitrogens with one attached hydrogen (secondary N) is 2. The van der Waals surface area contributed by atoms with Crippen LogP contribution in [0.5, 0.6) is 0 Å². The Balaban J connectivity index is 3.06. The van der Waals surface area contributed by atoms with Crippen molar-refractivity contribution in [1.29, 1.82) is 0 Å². The summed E-state index contributed by atoms with van der Waals surface area (Å²) in [5.74, 6) is -0.562. The molecule has 5 heteroatoms. The van der Waals surface area contributed by atoms with E-state index < -0.39 is 6.04 Å². The Bertz CT molecular complexity index is 441. The molecule has 0 heterocycles. The third-order valence-corrected chi connectivity index (χ3v) is 2.32. The highest BCUT2D eigenvalue weighted by atomic mass is 16.2. The van der Waals surface area contributed by atoms with E-state index in [0.717, 1.165) is 5.56 Å². The largest absolute Gasteiger partial charge is 0.355 e. The van der Waals surface area contributed by atoms with Crippen LogP contribution in [0.1, 0.15) is 22.8 Å². The SMILES string of the molecule is CNC(=O)c1cc(C)ccc1NC(=O)[C@H](C)N. The normalized spacial score (nSPS) is 11.8. The van der Waals surface area contributed by atoms with E-state index in [2.05, 4.69) is 10.6 Å². The number of hydrogen-bond acceptors (Lipinski definition) is 3. The van der Waals surface area contributed by atoms with E-state index >= 15 is 0 Å². The van der Waals surface area contributed by atoms with Crippen LogP contribution >= 0.6 is 0 Å². The molecule has 0 aromatic heterocycles. The zero-order chi connectivity index (χ0) is 13.0. The highest BCUT2D eigenvalue weighted by Crippen LogP contribution is 2.17. The Morgan fingerprint density at radius 1 is 1.35 bits per heavy atom. The molecule has 0 bridgehead atoms. The number of hydrogen-bond donors (Lipinski definition) is 3. The molecular weight excluding hydrogens is 218 g/mol. The van der Waals surface area contributed by atoms with Gasteiger partial charge >= 0.3 is 0 Å². The van der Waals surface area contributed by atoms with Gasteiger partial charge in [0.05, 0.1) is 17.3 Å². The molecule has 0 aliphatic rings. The summed E-state index contributed by atoms with van der Waals surface area (Å²) in [5, 5.41) is 5.16. The van der Waals surface area contributed by atoms with Crippen LogP contribution in [-0.2, 0) is 4.79 Å². The second kappa shape index (κ2) is 5.45. The Kier molecular flexibility index (Phi) is 4.23. The molecule has 0 saturated carbocycles. The highest BCUT2D eigenvalue weighted by Gasteiger charge is 2.14. The molecule has 0 aliphatic heterocycles. The third-order valence-electron chi connectivity index (χ3n) is 2.32. The van der Waals surface area contributed by atoms with Gasteiger partial charge < -0.3 is 16.4 Å². The first kappa shape index (κ1) is 13.2. The molecule has 1 rings (SSSR count). The standard InChI is InChI=1S/C12H17N3O2/c1-7-4-5-10(15-11(16)8(2)13)9(6-7)12(17)14-3/h4-6,8H,13H2,1-3H3,(H,14,17)(H,15,16)/t8-/m0/s1. The lowest BCUT2D eigenvalue weighted by molar-refractivity contribution is -0.117. The van der Waals surface area contributed by atoms with Gasteiger partial charge in [-0.2, -0.15) is 0 Å². The predicted molar refractivity (Wildman–Crippen MR) is 66.8 cm³/mol.